The van der Waals surface area contributed by atoms with Crippen LogP contribution in [0, 0.1) is 0 Å². The van der Waals surface area contributed by atoms with Crippen LogP contribution in [0.5, 0.6) is 0 Å². The topological polar surface area (TPSA) is 48.9 Å². The third-order valence-corrected chi connectivity index (χ3v) is 5.89. The number of hydrogen-bond acceptors (Lipinski definition) is 5. The minimum Gasteiger partial charge on any atom is -0.378 e. The van der Waals surface area contributed by atoms with Crippen LogP contribution in [0.25, 0.3) is 0 Å². The van der Waals surface area contributed by atoms with E-state index in [9.17, 15) is 4.79 Å². The van der Waals surface area contributed by atoms with E-state index in [-0.39, 0.29) is 5.91 Å². The minimum absolute atomic E-state index is 0.112. The number of aromatic nitrogens is 1. The van der Waals surface area contributed by atoms with Gasteiger partial charge < -0.3 is 19.4 Å². The first-order valence-corrected chi connectivity index (χ1v) is 9.60. The summed E-state index contributed by atoms with van der Waals surface area (Å²) in [5, 5.41) is 0. The second-order valence-corrected chi connectivity index (χ2v) is 7.28. The first kappa shape index (κ1) is 16.8. The summed E-state index contributed by atoms with van der Waals surface area (Å²) in [5.74, 6) is 0.112. The van der Waals surface area contributed by atoms with Gasteiger partial charge in [-0.2, -0.15) is 0 Å². The molecule has 0 saturated carbocycles. The zero-order valence-corrected chi connectivity index (χ0v) is 15.1. The Labute approximate surface area is 149 Å². The van der Waals surface area contributed by atoms with Gasteiger partial charge in [-0.05, 0) is 37.9 Å². The number of anilines is 1. The first-order valence-electron chi connectivity index (χ1n) is 9.60. The van der Waals surface area contributed by atoms with Gasteiger partial charge in [-0.25, -0.2) is 0 Å². The lowest BCUT2D eigenvalue weighted by atomic mass is 10.1. The third kappa shape index (κ3) is 3.37. The molecule has 2 unspecified atom stereocenters. The molecule has 0 aliphatic carbocycles. The first-order chi connectivity index (χ1) is 12.3. The molecule has 2 atom stereocenters. The van der Waals surface area contributed by atoms with Crippen LogP contribution in [0.4, 0.5) is 5.69 Å². The van der Waals surface area contributed by atoms with E-state index in [1.54, 1.807) is 6.20 Å². The van der Waals surface area contributed by atoms with Gasteiger partial charge in [0.1, 0.15) is 5.69 Å². The Hall–Kier alpha value is -1.66. The molecule has 2 bridgehead atoms. The van der Waals surface area contributed by atoms with Gasteiger partial charge in [0, 0.05) is 50.1 Å². The van der Waals surface area contributed by atoms with E-state index in [2.05, 4.69) is 26.6 Å². The van der Waals surface area contributed by atoms with Crippen LogP contribution in [0.15, 0.2) is 18.3 Å². The molecule has 4 heterocycles. The van der Waals surface area contributed by atoms with Crippen LogP contribution in [0.1, 0.15) is 36.7 Å². The predicted octanol–water partition coefficient (Wildman–Crippen LogP) is 1.62. The molecule has 0 N–H and O–H groups in total. The monoisotopic (exact) mass is 344 g/mol. The highest BCUT2D eigenvalue weighted by atomic mass is 16.5. The van der Waals surface area contributed by atoms with Crippen molar-refractivity contribution in [3.8, 4) is 0 Å². The number of rotatable bonds is 3. The Morgan fingerprint density at radius 2 is 2.00 bits per heavy atom. The molecule has 0 aromatic carbocycles. The summed E-state index contributed by atoms with van der Waals surface area (Å²) >= 11 is 0. The van der Waals surface area contributed by atoms with Crippen molar-refractivity contribution in [2.75, 3.05) is 50.8 Å². The maximum absolute atomic E-state index is 13.2. The third-order valence-electron chi connectivity index (χ3n) is 5.89. The molecular formula is C19H28N4O2. The Bertz CT molecular complexity index is 617. The molecular weight excluding hydrogens is 316 g/mol. The van der Waals surface area contributed by atoms with Gasteiger partial charge in [-0.3, -0.25) is 9.78 Å². The number of nitrogens with zero attached hydrogens (tertiary/aromatic N) is 4. The number of ether oxygens (including phenoxy) is 1. The second kappa shape index (κ2) is 7.30. The summed E-state index contributed by atoms with van der Waals surface area (Å²) in [5.41, 5.74) is 1.67. The molecule has 136 valence electrons. The van der Waals surface area contributed by atoms with Crippen LogP contribution in [0.2, 0.25) is 0 Å². The zero-order chi connectivity index (χ0) is 17.2. The van der Waals surface area contributed by atoms with Gasteiger partial charge in [0.15, 0.2) is 0 Å². The minimum atomic E-state index is 0.112. The standard InChI is InChI=1S/C19H28N4O2/c1-2-21-8-6-15-3-4-17(14-21)23(15)19(24)18-13-16(5-7-20-18)22-9-11-25-12-10-22/h5,7,13,15,17H,2-4,6,8-12,14H2,1H3. The number of morpholine rings is 1. The van der Waals surface area contributed by atoms with Crippen molar-refractivity contribution in [3.05, 3.63) is 24.0 Å². The van der Waals surface area contributed by atoms with Crippen molar-refractivity contribution in [2.24, 2.45) is 0 Å². The number of carbonyl (C=O) groups excluding carboxylic acids is 1. The van der Waals surface area contributed by atoms with E-state index in [1.165, 1.54) is 0 Å². The van der Waals surface area contributed by atoms with E-state index in [0.717, 1.165) is 70.9 Å². The summed E-state index contributed by atoms with van der Waals surface area (Å²) < 4.78 is 5.43. The van der Waals surface area contributed by atoms with Crippen LogP contribution >= 0.6 is 0 Å². The van der Waals surface area contributed by atoms with Crippen LogP contribution in [-0.4, -0.2) is 78.7 Å². The number of carbonyl (C=O) groups is 1. The maximum Gasteiger partial charge on any atom is 0.273 e. The summed E-state index contributed by atoms with van der Waals surface area (Å²) in [6.45, 7) is 8.61. The predicted molar refractivity (Wildman–Crippen MR) is 97.0 cm³/mol. The maximum atomic E-state index is 13.2. The number of pyridine rings is 1. The number of amides is 1. The van der Waals surface area contributed by atoms with Crippen molar-refractivity contribution < 1.29 is 9.53 Å². The highest BCUT2D eigenvalue weighted by Gasteiger charge is 2.40. The van der Waals surface area contributed by atoms with Gasteiger partial charge in [0.05, 0.1) is 13.2 Å². The molecule has 25 heavy (non-hydrogen) atoms. The normalized spacial score (nSPS) is 27.4. The molecule has 1 amide bonds. The fraction of sp³-hybridized carbons (Fsp3) is 0.684. The average molecular weight is 344 g/mol. The smallest absolute Gasteiger partial charge is 0.273 e. The Kier molecular flexibility index (Phi) is 4.90. The zero-order valence-electron chi connectivity index (χ0n) is 15.1. The van der Waals surface area contributed by atoms with Crippen LogP contribution < -0.4 is 4.90 Å². The lowest BCUT2D eigenvalue weighted by Gasteiger charge is -2.30. The van der Waals surface area contributed by atoms with E-state index in [0.29, 0.717) is 17.8 Å². The van der Waals surface area contributed by atoms with E-state index < -0.39 is 0 Å². The van der Waals surface area contributed by atoms with E-state index >= 15 is 0 Å². The largest absolute Gasteiger partial charge is 0.378 e. The molecule has 1 aromatic rings. The molecule has 4 rings (SSSR count). The SMILES string of the molecule is CCN1CCC2CCC(C1)N2C(=O)c1cc(N2CCOCC2)ccn1. The number of fused-ring (bicyclic) bond motifs is 2. The lowest BCUT2D eigenvalue weighted by Crippen LogP contribution is -2.43. The van der Waals surface area contributed by atoms with Crippen LogP contribution in [-0.2, 0) is 4.74 Å². The molecule has 3 fully saturated rings. The fourth-order valence-electron chi connectivity index (χ4n) is 4.45. The second-order valence-electron chi connectivity index (χ2n) is 7.28. The van der Waals surface area contributed by atoms with Crippen molar-refractivity contribution in [2.45, 2.75) is 38.3 Å². The molecule has 6 nitrogen and oxygen atoms in total. The molecule has 0 radical (unpaired) electrons. The summed E-state index contributed by atoms with van der Waals surface area (Å²) in [6, 6.07) is 4.68. The van der Waals surface area contributed by atoms with Crippen molar-refractivity contribution >= 4 is 11.6 Å². The van der Waals surface area contributed by atoms with E-state index in [4.69, 9.17) is 4.74 Å². The quantitative estimate of drug-likeness (QED) is 0.834. The van der Waals surface area contributed by atoms with Crippen molar-refractivity contribution in [1.29, 1.82) is 0 Å². The van der Waals surface area contributed by atoms with Gasteiger partial charge in [0.25, 0.3) is 5.91 Å². The highest BCUT2D eigenvalue weighted by molar-refractivity contribution is 5.94. The lowest BCUT2D eigenvalue weighted by molar-refractivity contribution is 0.0665. The van der Waals surface area contributed by atoms with Crippen LogP contribution in [0.3, 0.4) is 0 Å². The molecule has 3 saturated heterocycles. The number of likely N-dealkylation sites (N-methyl/N-ethyl adjacent to an activating group) is 1. The molecule has 3 aliphatic rings. The Morgan fingerprint density at radius 3 is 2.80 bits per heavy atom. The Morgan fingerprint density at radius 1 is 1.20 bits per heavy atom. The number of likely N-dealkylation sites (tertiary alicyclic amines) is 1. The van der Waals surface area contributed by atoms with E-state index in [1.807, 2.05) is 12.1 Å². The Balaban J connectivity index is 1.54. The highest BCUT2D eigenvalue weighted by Crippen LogP contribution is 2.31. The van der Waals surface area contributed by atoms with Crippen molar-refractivity contribution in [3.63, 3.8) is 0 Å². The molecule has 0 spiro atoms. The molecule has 1 aromatic heterocycles. The van der Waals surface area contributed by atoms with Gasteiger partial charge in [-0.15, -0.1) is 0 Å². The van der Waals surface area contributed by atoms with Crippen molar-refractivity contribution in [1.82, 2.24) is 14.8 Å². The summed E-state index contributed by atoms with van der Waals surface area (Å²) in [4.78, 5) is 24.5. The average Bonchev–Trinajstić information content (AvgIpc) is 2.96. The summed E-state index contributed by atoms with van der Waals surface area (Å²) in [7, 11) is 0. The van der Waals surface area contributed by atoms with Gasteiger partial charge in [-0.1, -0.05) is 6.92 Å². The molecule has 3 aliphatic heterocycles. The fourth-order valence-corrected chi connectivity index (χ4v) is 4.45. The van der Waals surface area contributed by atoms with Gasteiger partial charge >= 0.3 is 0 Å². The number of hydrogen-bond donors (Lipinski definition) is 0. The van der Waals surface area contributed by atoms with Gasteiger partial charge in [0.2, 0.25) is 0 Å². The molecule has 6 heteroatoms. The summed E-state index contributed by atoms with van der Waals surface area (Å²) in [6.07, 6.45) is 5.11.